The van der Waals surface area contributed by atoms with Crippen molar-refractivity contribution >= 4 is 29.4 Å². The molecule has 2 atom stereocenters. The number of aliphatic carboxylic acids is 1. The van der Waals surface area contributed by atoms with Crippen molar-refractivity contribution in [3.63, 3.8) is 0 Å². The molecule has 30 heavy (non-hydrogen) atoms. The summed E-state index contributed by atoms with van der Waals surface area (Å²) in [6, 6.07) is 5.05. The van der Waals surface area contributed by atoms with Gasteiger partial charge in [-0.15, -0.1) is 0 Å². The fourth-order valence-corrected chi connectivity index (χ4v) is 3.46. The molecule has 2 saturated heterocycles. The average Bonchev–Trinajstić information content (AvgIpc) is 2.73. The van der Waals surface area contributed by atoms with E-state index < -0.39 is 30.1 Å². The second kappa shape index (κ2) is 9.23. The summed E-state index contributed by atoms with van der Waals surface area (Å²) in [6.45, 7) is 5.01. The first kappa shape index (κ1) is 21.7. The molecule has 0 spiro atoms. The average molecular weight is 420 g/mol. The number of hydrogen-bond donors (Lipinski definition) is 1. The number of carboxylic acids is 1. The number of benzene rings is 1. The van der Waals surface area contributed by atoms with Crippen LogP contribution in [0.5, 0.6) is 0 Å². The molecule has 0 radical (unpaired) electrons. The van der Waals surface area contributed by atoms with Crippen LogP contribution in [0.4, 0.5) is 5.69 Å². The predicted molar refractivity (Wildman–Crippen MR) is 103 cm³/mol. The fraction of sp³-hybridized carbons (Fsp3) is 0.500. The molecule has 10 heteroatoms. The quantitative estimate of drug-likeness (QED) is 0.671. The Morgan fingerprint density at radius 1 is 1.17 bits per heavy atom. The highest BCUT2D eigenvalue weighted by Gasteiger charge is 2.43. The Morgan fingerprint density at radius 3 is 2.50 bits per heavy atom. The Balaban J connectivity index is 1.86. The summed E-state index contributed by atoms with van der Waals surface area (Å²) in [5.41, 5.74) is 1.64. The molecule has 2 heterocycles. The van der Waals surface area contributed by atoms with Gasteiger partial charge in [-0.05, 0) is 24.6 Å². The molecular formula is C20H24N2O8. The monoisotopic (exact) mass is 420 g/mol. The summed E-state index contributed by atoms with van der Waals surface area (Å²) in [6.07, 6.45) is -3.23. The lowest BCUT2D eigenvalue weighted by atomic mass is 10.0. The Kier molecular flexibility index (Phi) is 6.68. The Labute approximate surface area is 173 Å². The van der Waals surface area contributed by atoms with Gasteiger partial charge in [0.1, 0.15) is 0 Å². The third-order valence-electron chi connectivity index (χ3n) is 4.98. The lowest BCUT2D eigenvalue weighted by Crippen LogP contribution is -2.55. The van der Waals surface area contributed by atoms with E-state index in [4.69, 9.17) is 14.2 Å². The van der Waals surface area contributed by atoms with Gasteiger partial charge in [-0.2, -0.15) is 0 Å². The number of carboxylic acid groups (broad SMARTS) is 1. The number of rotatable bonds is 5. The highest BCUT2D eigenvalue weighted by atomic mass is 16.6. The summed E-state index contributed by atoms with van der Waals surface area (Å²) >= 11 is 0. The highest BCUT2D eigenvalue weighted by molar-refractivity contribution is 6.02. The molecule has 0 saturated carbocycles. The van der Waals surface area contributed by atoms with E-state index in [0.29, 0.717) is 37.6 Å². The smallest absolute Gasteiger partial charge is 0.348 e. The molecule has 1 N–H and O–H groups in total. The van der Waals surface area contributed by atoms with Gasteiger partial charge in [0.25, 0.3) is 11.8 Å². The van der Waals surface area contributed by atoms with Crippen molar-refractivity contribution in [2.75, 3.05) is 44.4 Å². The molecule has 1 aromatic rings. The molecule has 162 valence electrons. The number of hydrogen-bond acceptors (Lipinski definition) is 7. The van der Waals surface area contributed by atoms with E-state index in [1.165, 1.54) is 4.90 Å². The summed E-state index contributed by atoms with van der Waals surface area (Å²) in [5, 5.41) is 9.38. The molecule has 3 rings (SSSR count). The van der Waals surface area contributed by atoms with Gasteiger partial charge in [0.15, 0.2) is 6.10 Å². The van der Waals surface area contributed by atoms with E-state index in [1.54, 1.807) is 30.0 Å². The zero-order valence-electron chi connectivity index (χ0n) is 16.8. The SMILES string of the molecule is CC(=O)O[C@@H](C(=O)O)[C@H]1OCCN(c2cc(C(=O)N3CCOCC3)ccc2C)C1=O. The highest BCUT2D eigenvalue weighted by Crippen LogP contribution is 2.27. The molecule has 2 aliphatic rings. The molecule has 0 aliphatic carbocycles. The van der Waals surface area contributed by atoms with Crippen LogP contribution in [0.25, 0.3) is 0 Å². The van der Waals surface area contributed by atoms with E-state index >= 15 is 0 Å². The van der Waals surface area contributed by atoms with Gasteiger partial charge in [0, 0.05) is 37.8 Å². The number of esters is 1. The van der Waals surface area contributed by atoms with E-state index in [-0.39, 0.29) is 19.1 Å². The molecular weight excluding hydrogens is 396 g/mol. The number of amides is 2. The van der Waals surface area contributed by atoms with Gasteiger partial charge < -0.3 is 29.1 Å². The summed E-state index contributed by atoms with van der Waals surface area (Å²) < 4.78 is 15.4. The van der Waals surface area contributed by atoms with E-state index in [0.717, 1.165) is 12.5 Å². The minimum atomic E-state index is -1.75. The number of carbonyl (C=O) groups excluding carboxylic acids is 3. The van der Waals surface area contributed by atoms with Crippen LogP contribution in [0, 0.1) is 6.92 Å². The molecule has 0 unspecified atom stereocenters. The lowest BCUT2D eigenvalue weighted by molar-refractivity contribution is -0.177. The molecule has 2 aliphatic heterocycles. The second-order valence-corrected chi connectivity index (χ2v) is 7.06. The topological polar surface area (TPSA) is 123 Å². The van der Waals surface area contributed by atoms with E-state index in [2.05, 4.69) is 0 Å². The minimum Gasteiger partial charge on any atom is -0.478 e. The maximum atomic E-state index is 13.0. The molecule has 0 bridgehead atoms. The number of aryl methyl sites for hydroxylation is 1. The van der Waals surface area contributed by atoms with Crippen molar-refractivity contribution in [2.24, 2.45) is 0 Å². The Morgan fingerprint density at radius 2 is 1.87 bits per heavy atom. The van der Waals surface area contributed by atoms with E-state index in [1.807, 2.05) is 0 Å². The molecule has 10 nitrogen and oxygen atoms in total. The first-order valence-electron chi connectivity index (χ1n) is 9.60. The van der Waals surface area contributed by atoms with Crippen LogP contribution in [0.2, 0.25) is 0 Å². The Bertz CT molecular complexity index is 849. The minimum absolute atomic E-state index is 0.0581. The molecule has 1 aromatic carbocycles. The summed E-state index contributed by atoms with van der Waals surface area (Å²) in [4.78, 5) is 51.7. The van der Waals surface area contributed by atoms with Gasteiger partial charge in [-0.25, -0.2) is 4.79 Å². The normalized spacial score (nSPS) is 20.6. The summed E-state index contributed by atoms with van der Waals surface area (Å²) in [7, 11) is 0. The number of ether oxygens (including phenoxy) is 3. The van der Waals surface area contributed by atoms with Crippen molar-refractivity contribution in [1.82, 2.24) is 4.90 Å². The second-order valence-electron chi connectivity index (χ2n) is 7.06. The third kappa shape index (κ3) is 4.60. The largest absolute Gasteiger partial charge is 0.478 e. The zero-order valence-corrected chi connectivity index (χ0v) is 16.8. The van der Waals surface area contributed by atoms with Crippen LogP contribution in [-0.4, -0.2) is 85.4 Å². The summed E-state index contributed by atoms with van der Waals surface area (Å²) in [5.74, 6) is -3.11. The van der Waals surface area contributed by atoms with Gasteiger partial charge >= 0.3 is 11.9 Å². The maximum Gasteiger partial charge on any atom is 0.348 e. The predicted octanol–water partition coefficient (Wildman–Crippen LogP) is 0.216. The molecule has 2 amide bonds. The van der Waals surface area contributed by atoms with Crippen molar-refractivity contribution in [1.29, 1.82) is 0 Å². The van der Waals surface area contributed by atoms with Crippen LogP contribution in [0.3, 0.4) is 0 Å². The van der Waals surface area contributed by atoms with Crippen LogP contribution < -0.4 is 4.90 Å². The van der Waals surface area contributed by atoms with Crippen LogP contribution in [0.1, 0.15) is 22.8 Å². The Hall–Kier alpha value is -2.98. The van der Waals surface area contributed by atoms with Gasteiger partial charge in [-0.1, -0.05) is 6.07 Å². The van der Waals surface area contributed by atoms with Crippen molar-refractivity contribution in [2.45, 2.75) is 26.1 Å². The van der Waals surface area contributed by atoms with Gasteiger partial charge in [0.05, 0.1) is 19.8 Å². The van der Waals surface area contributed by atoms with Crippen LogP contribution in [0.15, 0.2) is 18.2 Å². The van der Waals surface area contributed by atoms with Crippen LogP contribution in [-0.2, 0) is 28.6 Å². The standard InChI is InChI=1S/C20H24N2O8/c1-12-3-4-14(18(24)21-5-8-28-9-6-21)11-15(12)22-7-10-29-16(19(22)25)17(20(26)27)30-13(2)23/h3-4,11,16-17H,5-10H2,1-2H3,(H,26,27)/t16-,17-/m1/s1. The number of nitrogens with zero attached hydrogens (tertiary/aromatic N) is 2. The third-order valence-corrected chi connectivity index (χ3v) is 4.98. The van der Waals surface area contributed by atoms with Crippen molar-refractivity contribution < 1.29 is 38.5 Å². The fourth-order valence-electron chi connectivity index (χ4n) is 3.46. The van der Waals surface area contributed by atoms with Crippen LogP contribution >= 0.6 is 0 Å². The molecule has 2 fully saturated rings. The van der Waals surface area contributed by atoms with Gasteiger partial charge in [-0.3, -0.25) is 14.4 Å². The van der Waals surface area contributed by atoms with Crippen molar-refractivity contribution in [3.05, 3.63) is 29.3 Å². The first-order chi connectivity index (χ1) is 14.3. The lowest BCUT2D eigenvalue weighted by Gasteiger charge is -2.35. The van der Waals surface area contributed by atoms with Crippen molar-refractivity contribution in [3.8, 4) is 0 Å². The maximum absolute atomic E-state index is 13.0. The number of anilines is 1. The molecule has 0 aromatic heterocycles. The number of carbonyl (C=O) groups is 4. The van der Waals surface area contributed by atoms with E-state index in [9.17, 15) is 24.3 Å². The zero-order chi connectivity index (χ0) is 21.8. The first-order valence-corrected chi connectivity index (χ1v) is 9.60. The number of morpholine rings is 2. The van der Waals surface area contributed by atoms with Gasteiger partial charge in [0.2, 0.25) is 6.10 Å².